The lowest BCUT2D eigenvalue weighted by Crippen LogP contribution is -2.37. The summed E-state index contributed by atoms with van der Waals surface area (Å²) in [7, 11) is 0. The number of rotatable bonds is 5. The predicted molar refractivity (Wildman–Crippen MR) is 108 cm³/mol. The summed E-state index contributed by atoms with van der Waals surface area (Å²) in [4.78, 5) is 21.8. The molecule has 0 aromatic heterocycles. The Morgan fingerprint density at radius 2 is 1.86 bits per heavy atom. The molecule has 0 aliphatic carbocycles. The number of ether oxygens (including phenoxy) is 1. The SMILES string of the molecule is CC(C)(C)c1ccc(OCC(=O)NC(=S)Nc2ccc(F)c([N+](=O)[O-])c2)cc1. The first-order chi connectivity index (χ1) is 13.1. The van der Waals surface area contributed by atoms with Gasteiger partial charge in [0.2, 0.25) is 5.82 Å². The molecular weight excluding hydrogens is 385 g/mol. The van der Waals surface area contributed by atoms with E-state index in [0.717, 1.165) is 17.7 Å². The van der Waals surface area contributed by atoms with Gasteiger partial charge in [0.15, 0.2) is 11.7 Å². The molecule has 0 fully saturated rings. The van der Waals surface area contributed by atoms with E-state index in [1.807, 2.05) is 12.1 Å². The molecule has 0 radical (unpaired) electrons. The van der Waals surface area contributed by atoms with Gasteiger partial charge in [0.1, 0.15) is 5.75 Å². The summed E-state index contributed by atoms with van der Waals surface area (Å²) in [5, 5.41) is 15.6. The average molecular weight is 405 g/mol. The molecule has 0 saturated carbocycles. The quantitative estimate of drug-likeness (QED) is 0.445. The largest absolute Gasteiger partial charge is 0.484 e. The number of carbonyl (C=O) groups is 1. The van der Waals surface area contributed by atoms with Gasteiger partial charge in [0.25, 0.3) is 5.91 Å². The molecule has 0 saturated heterocycles. The first-order valence-electron chi connectivity index (χ1n) is 8.34. The van der Waals surface area contributed by atoms with Gasteiger partial charge < -0.3 is 10.1 Å². The van der Waals surface area contributed by atoms with Crippen LogP contribution >= 0.6 is 12.2 Å². The molecule has 0 heterocycles. The second kappa shape index (κ2) is 8.75. The van der Waals surface area contributed by atoms with Gasteiger partial charge >= 0.3 is 5.69 Å². The fraction of sp³-hybridized carbons (Fsp3) is 0.263. The normalized spacial score (nSPS) is 10.9. The van der Waals surface area contributed by atoms with Gasteiger partial charge in [-0.2, -0.15) is 4.39 Å². The van der Waals surface area contributed by atoms with Crippen LogP contribution in [0.3, 0.4) is 0 Å². The van der Waals surface area contributed by atoms with Gasteiger partial charge in [-0.3, -0.25) is 20.2 Å². The molecule has 2 aromatic rings. The van der Waals surface area contributed by atoms with E-state index >= 15 is 0 Å². The maximum absolute atomic E-state index is 13.3. The van der Waals surface area contributed by atoms with Crippen molar-refractivity contribution in [3.8, 4) is 5.75 Å². The number of carbonyl (C=O) groups excluding carboxylic acids is 1. The molecule has 148 valence electrons. The summed E-state index contributed by atoms with van der Waals surface area (Å²) < 4.78 is 18.7. The fourth-order valence-electron chi connectivity index (χ4n) is 2.26. The van der Waals surface area contributed by atoms with Crippen molar-refractivity contribution in [3.05, 3.63) is 64.0 Å². The highest BCUT2D eigenvalue weighted by molar-refractivity contribution is 7.80. The van der Waals surface area contributed by atoms with Crippen molar-refractivity contribution in [1.82, 2.24) is 5.32 Å². The van der Waals surface area contributed by atoms with Crippen LogP contribution in [0.25, 0.3) is 0 Å². The van der Waals surface area contributed by atoms with Gasteiger partial charge in [-0.15, -0.1) is 0 Å². The van der Waals surface area contributed by atoms with Gasteiger partial charge in [-0.25, -0.2) is 0 Å². The molecule has 2 rings (SSSR count). The number of anilines is 1. The van der Waals surface area contributed by atoms with Crippen molar-refractivity contribution in [2.45, 2.75) is 26.2 Å². The zero-order valence-electron chi connectivity index (χ0n) is 15.6. The monoisotopic (exact) mass is 405 g/mol. The summed E-state index contributed by atoms with van der Waals surface area (Å²) in [5.74, 6) is -0.929. The van der Waals surface area contributed by atoms with Gasteiger partial charge in [0.05, 0.1) is 4.92 Å². The Morgan fingerprint density at radius 1 is 1.21 bits per heavy atom. The molecule has 0 unspecified atom stereocenters. The van der Waals surface area contributed by atoms with E-state index in [-0.39, 0.29) is 22.8 Å². The topological polar surface area (TPSA) is 93.5 Å². The van der Waals surface area contributed by atoms with E-state index in [1.165, 1.54) is 6.07 Å². The summed E-state index contributed by atoms with van der Waals surface area (Å²) >= 11 is 4.98. The summed E-state index contributed by atoms with van der Waals surface area (Å²) in [6.07, 6.45) is 0. The molecule has 2 aromatic carbocycles. The minimum atomic E-state index is -0.962. The van der Waals surface area contributed by atoms with Crippen LogP contribution in [0, 0.1) is 15.9 Å². The highest BCUT2D eigenvalue weighted by atomic mass is 32.1. The van der Waals surface area contributed by atoms with Crippen LogP contribution < -0.4 is 15.4 Å². The van der Waals surface area contributed by atoms with E-state index < -0.39 is 22.3 Å². The summed E-state index contributed by atoms with van der Waals surface area (Å²) in [5.41, 5.74) is 0.643. The Hall–Kier alpha value is -3.07. The molecule has 0 atom stereocenters. The molecule has 7 nitrogen and oxygen atoms in total. The number of nitro benzene ring substituents is 1. The number of halogens is 1. The van der Waals surface area contributed by atoms with E-state index in [2.05, 4.69) is 31.4 Å². The van der Waals surface area contributed by atoms with Crippen LogP contribution in [-0.2, 0) is 10.2 Å². The van der Waals surface area contributed by atoms with Crippen molar-refractivity contribution in [2.75, 3.05) is 11.9 Å². The maximum atomic E-state index is 13.3. The van der Waals surface area contributed by atoms with Crippen LogP contribution in [0.5, 0.6) is 5.75 Å². The van der Waals surface area contributed by atoms with Crippen LogP contribution in [0.2, 0.25) is 0 Å². The Bertz CT molecular complexity index is 895. The minimum Gasteiger partial charge on any atom is -0.484 e. The lowest BCUT2D eigenvalue weighted by Gasteiger charge is -2.19. The van der Waals surface area contributed by atoms with Gasteiger partial charge in [0, 0.05) is 11.8 Å². The van der Waals surface area contributed by atoms with Crippen LogP contribution in [-0.4, -0.2) is 22.5 Å². The second-order valence-corrected chi connectivity index (χ2v) is 7.40. The van der Waals surface area contributed by atoms with Crippen molar-refractivity contribution >= 4 is 34.6 Å². The lowest BCUT2D eigenvalue weighted by molar-refractivity contribution is -0.387. The van der Waals surface area contributed by atoms with Crippen LogP contribution in [0.1, 0.15) is 26.3 Å². The zero-order valence-corrected chi connectivity index (χ0v) is 16.4. The standard InChI is InChI=1S/C19H20FN3O4S/c1-19(2,3)12-4-7-14(8-5-12)27-11-17(24)22-18(28)21-13-6-9-15(20)16(10-13)23(25)26/h4-10H,11H2,1-3H3,(H2,21,22,24,28). The molecule has 9 heteroatoms. The van der Waals surface area contributed by atoms with Crippen LogP contribution in [0.15, 0.2) is 42.5 Å². The number of amides is 1. The number of nitrogens with zero attached hydrogens (tertiary/aromatic N) is 1. The lowest BCUT2D eigenvalue weighted by atomic mass is 9.87. The predicted octanol–water partition coefficient (Wildman–Crippen LogP) is 3.92. The third-order valence-corrected chi connectivity index (χ3v) is 3.95. The third kappa shape index (κ3) is 5.98. The molecule has 0 aliphatic heterocycles. The summed E-state index contributed by atoms with van der Waals surface area (Å²) in [6.45, 7) is 6.03. The number of hydrogen-bond acceptors (Lipinski definition) is 5. The van der Waals surface area contributed by atoms with Crippen LogP contribution in [0.4, 0.5) is 15.8 Å². The smallest absolute Gasteiger partial charge is 0.306 e. The Balaban J connectivity index is 1.87. The molecular formula is C19H20FN3O4S. The minimum absolute atomic E-state index is 0.0171. The van der Waals surface area contributed by atoms with Crippen molar-refractivity contribution in [3.63, 3.8) is 0 Å². The zero-order chi connectivity index (χ0) is 20.9. The first-order valence-corrected chi connectivity index (χ1v) is 8.75. The van der Waals surface area contributed by atoms with Crippen molar-refractivity contribution in [2.24, 2.45) is 0 Å². The molecule has 28 heavy (non-hydrogen) atoms. The van der Waals surface area contributed by atoms with E-state index in [0.29, 0.717) is 5.75 Å². The fourth-order valence-corrected chi connectivity index (χ4v) is 2.49. The highest BCUT2D eigenvalue weighted by Crippen LogP contribution is 2.24. The number of nitrogens with one attached hydrogen (secondary N) is 2. The Labute approximate surface area is 167 Å². The third-order valence-electron chi connectivity index (χ3n) is 3.74. The van der Waals surface area contributed by atoms with Gasteiger partial charge in [-0.05, 0) is 47.5 Å². The van der Waals surface area contributed by atoms with Gasteiger partial charge in [-0.1, -0.05) is 32.9 Å². The number of thiocarbonyl (C=S) groups is 1. The molecule has 1 amide bonds. The first kappa shape index (κ1) is 21.2. The summed E-state index contributed by atoms with van der Waals surface area (Å²) in [6, 6.07) is 10.6. The molecule has 2 N–H and O–H groups in total. The molecule has 0 bridgehead atoms. The Kier molecular flexibility index (Phi) is 6.63. The molecule has 0 aliphatic rings. The maximum Gasteiger partial charge on any atom is 0.306 e. The van der Waals surface area contributed by atoms with Crippen molar-refractivity contribution < 1.29 is 18.8 Å². The number of benzene rings is 2. The van der Waals surface area contributed by atoms with E-state index in [4.69, 9.17) is 17.0 Å². The highest BCUT2D eigenvalue weighted by Gasteiger charge is 2.16. The van der Waals surface area contributed by atoms with E-state index in [9.17, 15) is 19.3 Å². The Morgan fingerprint density at radius 3 is 2.43 bits per heavy atom. The van der Waals surface area contributed by atoms with Crippen molar-refractivity contribution in [1.29, 1.82) is 0 Å². The second-order valence-electron chi connectivity index (χ2n) is 6.99. The number of hydrogen-bond donors (Lipinski definition) is 2. The van der Waals surface area contributed by atoms with E-state index in [1.54, 1.807) is 12.1 Å². The number of nitro groups is 1. The average Bonchev–Trinajstić information content (AvgIpc) is 2.61. The molecule has 0 spiro atoms.